The third-order valence-corrected chi connectivity index (χ3v) is 19.9. The largest absolute Gasteiger partial charge is 0.472 e. The number of ether oxygens (including phenoxy) is 4. The van der Waals surface area contributed by atoms with E-state index in [9.17, 15) is 43.2 Å². The number of phosphoric ester groups is 2. The number of aliphatic hydroxyl groups excluding tert-OH is 1. The number of hydrogen-bond acceptors (Lipinski definition) is 15. The molecule has 0 bridgehead atoms. The third kappa shape index (κ3) is 71.9. The molecule has 0 spiro atoms. The predicted molar refractivity (Wildman–Crippen MR) is 400 cm³/mol. The molecule has 0 aliphatic rings. The number of esters is 4. The Balaban J connectivity index is 5.29. The van der Waals surface area contributed by atoms with Crippen LogP contribution in [0.2, 0.25) is 0 Å². The van der Waals surface area contributed by atoms with Crippen LogP contribution >= 0.6 is 15.6 Å². The van der Waals surface area contributed by atoms with Gasteiger partial charge in [-0.2, -0.15) is 0 Å². The van der Waals surface area contributed by atoms with Crippen LogP contribution in [0.15, 0.2) is 24.3 Å². The Morgan fingerprint density at radius 2 is 0.500 bits per heavy atom. The van der Waals surface area contributed by atoms with Gasteiger partial charge in [0, 0.05) is 25.7 Å². The van der Waals surface area contributed by atoms with E-state index in [1.807, 2.05) is 0 Å². The van der Waals surface area contributed by atoms with Crippen LogP contribution in [-0.4, -0.2) is 96.7 Å². The zero-order valence-electron chi connectivity index (χ0n) is 63.2. The summed E-state index contributed by atoms with van der Waals surface area (Å²) < 4.78 is 68.6. The topological polar surface area (TPSA) is 237 Å². The molecule has 2 unspecified atom stereocenters. The minimum atomic E-state index is -4.97. The maximum absolute atomic E-state index is 13.1. The summed E-state index contributed by atoms with van der Waals surface area (Å²) in [6.45, 7) is 4.95. The van der Waals surface area contributed by atoms with E-state index in [4.69, 9.17) is 37.0 Å². The second-order valence-electron chi connectivity index (χ2n) is 27.7. The molecule has 17 nitrogen and oxygen atoms in total. The van der Waals surface area contributed by atoms with E-state index in [-0.39, 0.29) is 25.7 Å². The van der Waals surface area contributed by atoms with Gasteiger partial charge in [-0.15, -0.1) is 0 Å². The first-order valence-corrected chi connectivity index (χ1v) is 43.6. The molecule has 0 aromatic rings. The summed E-state index contributed by atoms with van der Waals surface area (Å²) in [5.74, 6) is -2.13. The molecule has 0 radical (unpaired) electrons. The van der Waals surface area contributed by atoms with Crippen LogP contribution in [-0.2, 0) is 65.4 Å². The summed E-state index contributed by atoms with van der Waals surface area (Å²) in [5, 5.41) is 10.6. The van der Waals surface area contributed by atoms with Crippen LogP contribution in [0.4, 0.5) is 0 Å². The van der Waals surface area contributed by atoms with Crippen LogP contribution in [0.3, 0.4) is 0 Å². The Labute approximate surface area is 599 Å². The quantitative estimate of drug-likeness (QED) is 0.0169. The van der Waals surface area contributed by atoms with E-state index in [1.54, 1.807) is 0 Å². The van der Waals surface area contributed by atoms with Gasteiger partial charge in [0.05, 0.1) is 26.4 Å². The Kier molecular flexibility index (Phi) is 71.0. The Bertz CT molecular complexity index is 1950. The van der Waals surface area contributed by atoms with E-state index in [2.05, 4.69) is 52.0 Å². The fourth-order valence-electron chi connectivity index (χ4n) is 11.7. The third-order valence-electron chi connectivity index (χ3n) is 17.9. The SMILES string of the molecule is CCCCC/C=C\C/C=C\CCCCCCCC(=O)O[C@H](COC(=O)CCCCCCCCCCCCCCC)COP(=O)(O)OC[C@@H](O)COP(=O)(O)OC[C@@H](COC(=O)CCCCCCCCCCCCCCC)OC(=O)CCCCCCCCCCCCCCCCCCC. The van der Waals surface area contributed by atoms with E-state index in [0.29, 0.717) is 25.7 Å². The molecule has 0 aromatic carbocycles. The Morgan fingerprint density at radius 3 is 0.776 bits per heavy atom. The number of phosphoric acid groups is 2. The van der Waals surface area contributed by atoms with Crippen molar-refractivity contribution < 1.29 is 80.2 Å². The van der Waals surface area contributed by atoms with Gasteiger partial charge >= 0.3 is 39.5 Å². The van der Waals surface area contributed by atoms with Crippen molar-refractivity contribution in [2.45, 2.75) is 418 Å². The van der Waals surface area contributed by atoms with Gasteiger partial charge in [0.1, 0.15) is 19.3 Å². The van der Waals surface area contributed by atoms with Crippen molar-refractivity contribution in [3.8, 4) is 0 Å². The smallest absolute Gasteiger partial charge is 0.462 e. The van der Waals surface area contributed by atoms with Gasteiger partial charge in [0.15, 0.2) is 12.2 Å². The second-order valence-corrected chi connectivity index (χ2v) is 30.6. The fourth-order valence-corrected chi connectivity index (χ4v) is 13.3. The maximum Gasteiger partial charge on any atom is 0.472 e. The van der Waals surface area contributed by atoms with Gasteiger partial charge in [-0.25, -0.2) is 9.13 Å². The highest BCUT2D eigenvalue weighted by atomic mass is 31.2. The molecule has 19 heteroatoms. The summed E-state index contributed by atoms with van der Waals surface area (Å²) in [7, 11) is -9.93. The highest BCUT2D eigenvalue weighted by Gasteiger charge is 2.30. The number of allylic oxidation sites excluding steroid dienone is 4. The predicted octanol–water partition coefficient (Wildman–Crippen LogP) is 23.3. The lowest BCUT2D eigenvalue weighted by Crippen LogP contribution is -2.30. The molecule has 0 amide bonds. The fraction of sp³-hybridized carbons (Fsp3) is 0.899. The van der Waals surface area contributed by atoms with Gasteiger partial charge < -0.3 is 33.8 Å². The molecule has 3 N–H and O–H groups in total. The number of hydrogen-bond donors (Lipinski definition) is 3. The lowest BCUT2D eigenvalue weighted by atomic mass is 10.0. The normalized spacial score (nSPS) is 14.0. The molecule has 0 fully saturated rings. The average molecular weight is 1430 g/mol. The van der Waals surface area contributed by atoms with Crippen molar-refractivity contribution in [3.63, 3.8) is 0 Å². The van der Waals surface area contributed by atoms with Crippen LogP contribution in [0, 0.1) is 0 Å². The minimum Gasteiger partial charge on any atom is -0.462 e. The molecule has 98 heavy (non-hydrogen) atoms. The first kappa shape index (κ1) is 95.5. The summed E-state index contributed by atoms with van der Waals surface area (Å²) in [4.78, 5) is 73.0. The Morgan fingerprint density at radius 1 is 0.286 bits per heavy atom. The van der Waals surface area contributed by atoms with Crippen molar-refractivity contribution in [1.82, 2.24) is 0 Å². The first-order chi connectivity index (χ1) is 47.7. The molecule has 0 aromatic heterocycles. The van der Waals surface area contributed by atoms with Crippen LogP contribution in [0.25, 0.3) is 0 Å². The molecule has 578 valence electrons. The summed E-state index contributed by atoms with van der Waals surface area (Å²) in [6, 6.07) is 0. The number of aliphatic hydroxyl groups is 1. The van der Waals surface area contributed by atoms with Gasteiger partial charge in [-0.1, -0.05) is 341 Å². The second kappa shape index (κ2) is 72.9. The van der Waals surface area contributed by atoms with Gasteiger partial charge in [-0.3, -0.25) is 37.3 Å². The molecule has 5 atom stereocenters. The van der Waals surface area contributed by atoms with Crippen molar-refractivity contribution >= 4 is 39.5 Å². The molecular weight excluding hydrogens is 1280 g/mol. The zero-order valence-corrected chi connectivity index (χ0v) is 65.0. The van der Waals surface area contributed by atoms with E-state index < -0.39 is 97.5 Å². The highest BCUT2D eigenvalue weighted by Crippen LogP contribution is 2.45. The van der Waals surface area contributed by atoms with Crippen molar-refractivity contribution in [2.75, 3.05) is 39.6 Å². The summed E-state index contributed by atoms with van der Waals surface area (Å²) >= 11 is 0. The molecule has 0 saturated carbocycles. The lowest BCUT2D eigenvalue weighted by Gasteiger charge is -2.21. The zero-order chi connectivity index (χ0) is 71.8. The van der Waals surface area contributed by atoms with Crippen molar-refractivity contribution in [1.29, 1.82) is 0 Å². The van der Waals surface area contributed by atoms with Crippen LogP contribution in [0.5, 0.6) is 0 Å². The number of carbonyl (C=O) groups is 4. The van der Waals surface area contributed by atoms with Gasteiger partial charge in [-0.05, 0) is 57.8 Å². The molecule has 0 aliphatic carbocycles. The number of carbonyl (C=O) groups excluding carboxylic acids is 4. The Hall–Kier alpha value is -2.46. The van der Waals surface area contributed by atoms with Gasteiger partial charge in [0.25, 0.3) is 0 Å². The standard InChI is InChI=1S/C79H150O17P2/c1-5-9-13-17-21-25-29-33-35-36-38-42-46-50-54-58-62-66-79(84)96-75(70-90-77(82)64-60-56-52-48-44-40-32-28-24-20-16-12-8-4)72-94-98(87,88)92-68-73(80)67-91-97(85,86)93-71-74(69-89-76(81)63-59-55-51-47-43-39-31-27-23-19-15-11-7-3)95-78(83)65-61-57-53-49-45-41-37-34-30-26-22-18-14-10-6-2/h22,26,34,37,73-75,80H,5-21,23-25,27-33,35-36,38-72H2,1-4H3,(H,85,86)(H,87,88)/b26-22-,37-34-/t73-,74-,75-/m1/s1. The van der Waals surface area contributed by atoms with Crippen LogP contribution in [0.1, 0.15) is 400 Å². The van der Waals surface area contributed by atoms with E-state index >= 15 is 0 Å². The summed E-state index contributed by atoms with van der Waals surface area (Å²) in [6.07, 6.45) is 67.2. The average Bonchev–Trinajstić information content (AvgIpc) is 1.13. The number of unbranched alkanes of at least 4 members (excludes halogenated alkanes) is 48. The number of rotatable bonds is 78. The molecule has 0 saturated heterocycles. The van der Waals surface area contributed by atoms with E-state index in [1.165, 1.54) is 212 Å². The van der Waals surface area contributed by atoms with Crippen molar-refractivity contribution in [3.05, 3.63) is 24.3 Å². The minimum absolute atomic E-state index is 0.0876. The first-order valence-electron chi connectivity index (χ1n) is 40.6. The molecule has 0 rings (SSSR count). The summed E-state index contributed by atoms with van der Waals surface area (Å²) in [5.41, 5.74) is 0. The van der Waals surface area contributed by atoms with Crippen LogP contribution < -0.4 is 0 Å². The van der Waals surface area contributed by atoms with E-state index in [0.717, 1.165) is 109 Å². The molecule has 0 heterocycles. The molecular formula is C79H150O17P2. The lowest BCUT2D eigenvalue weighted by molar-refractivity contribution is -0.161. The maximum atomic E-state index is 13.1. The van der Waals surface area contributed by atoms with Gasteiger partial charge in [0.2, 0.25) is 0 Å². The van der Waals surface area contributed by atoms with Crippen molar-refractivity contribution in [2.24, 2.45) is 0 Å². The monoisotopic (exact) mass is 1430 g/mol. The highest BCUT2D eigenvalue weighted by molar-refractivity contribution is 7.47. The molecule has 0 aliphatic heterocycles.